The number of guanidine groups is 1. The van der Waals surface area contributed by atoms with Crippen LogP contribution in [0.15, 0.2) is 48.0 Å². The quantitative estimate of drug-likeness (QED) is 0.451. The van der Waals surface area contributed by atoms with Crippen molar-refractivity contribution in [2.45, 2.75) is 20.4 Å². The Bertz CT molecular complexity index is 578. The number of hydrogen-bond acceptors (Lipinski definition) is 2. The topological polar surface area (TPSA) is 54.2 Å². The molecule has 0 saturated heterocycles. The van der Waals surface area contributed by atoms with E-state index in [1.807, 2.05) is 29.2 Å². The molecule has 0 amide bonds. The van der Waals surface area contributed by atoms with Gasteiger partial charge in [-0.05, 0) is 17.5 Å². The maximum absolute atomic E-state index is 4.24. The van der Waals surface area contributed by atoms with Gasteiger partial charge in [0.2, 0.25) is 0 Å². The number of rotatable bonds is 5. The van der Waals surface area contributed by atoms with Crippen molar-refractivity contribution in [1.29, 1.82) is 0 Å². The van der Waals surface area contributed by atoms with E-state index in [4.69, 9.17) is 0 Å². The third-order valence-electron chi connectivity index (χ3n) is 3.12. The Morgan fingerprint density at radius 3 is 2.68 bits per heavy atom. The fourth-order valence-corrected chi connectivity index (χ4v) is 2.01. The second-order valence-electron chi connectivity index (χ2n) is 5.30. The van der Waals surface area contributed by atoms with Crippen molar-refractivity contribution in [1.82, 2.24) is 20.2 Å². The SMILES string of the molecule is CN=C(NCc1ccccc1-n1ccnc1)NCC(C)C.I. The molecule has 0 fully saturated rings. The number of hydrogen-bond donors (Lipinski definition) is 2. The fraction of sp³-hybridized carbons (Fsp3) is 0.375. The van der Waals surface area contributed by atoms with Crippen LogP contribution >= 0.6 is 24.0 Å². The minimum Gasteiger partial charge on any atom is -0.356 e. The zero-order valence-electron chi connectivity index (χ0n) is 13.3. The van der Waals surface area contributed by atoms with Gasteiger partial charge in [-0.3, -0.25) is 4.99 Å². The van der Waals surface area contributed by atoms with Crippen LogP contribution in [-0.2, 0) is 6.54 Å². The van der Waals surface area contributed by atoms with E-state index < -0.39 is 0 Å². The first kappa shape index (κ1) is 18.5. The van der Waals surface area contributed by atoms with Gasteiger partial charge in [-0.2, -0.15) is 0 Å². The summed E-state index contributed by atoms with van der Waals surface area (Å²) in [6.07, 6.45) is 5.54. The molecule has 2 rings (SSSR count). The first-order valence-electron chi connectivity index (χ1n) is 7.21. The molecule has 0 unspecified atom stereocenters. The number of aromatic nitrogens is 2. The summed E-state index contributed by atoms with van der Waals surface area (Å²) in [6.45, 7) is 5.97. The van der Waals surface area contributed by atoms with Crippen LogP contribution in [0.2, 0.25) is 0 Å². The molecule has 0 saturated carbocycles. The van der Waals surface area contributed by atoms with E-state index >= 15 is 0 Å². The number of aliphatic imine (C=N–C) groups is 1. The maximum atomic E-state index is 4.24. The molecule has 22 heavy (non-hydrogen) atoms. The van der Waals surface area contributed by atoms with Crippen molar-refractivity contribution >= 4 is 29.9 Å². The van der Waals surface area contributed by atoms with Crippen molar-refractivity contribution in [3.05, 3.63) is 48.5 Å². The highest BCUT2D eigenvalue weighted by Crippen LogP contribution is 2.13. The van der Waals surface area contributed by atoms with Crippen LogP contribution in [0.1, 0.15) is 19.4 Å². The normalized spacial score (nSPS) is 11.2. The van der Waals surface area contributed by atoms with E-state index in [0.717, 1.165) is 18.2 Å². The summed E-state index contributed by atoms with van der Waals surface area (Å²) in [6, 6.07) is 8.27. The predicted molar refractivity (Wildman–Crippen MR) is 102 cm³/mol. The summed E-state index contributed by atoms with van der Waals surface area (Å²) in [5.74, 6) is 1.41. The predicted octanol–water partition coefficient (Wildman–Crippen LogP) is 2.81. The van der Waals surface area contributed by atoms with E-state index in [2.05, 4.69) is 46.6 Å². The minimum absolute atomic E-state index is 0. The largest absolute Gasteiger partial charge is 0.356 e. The van der Waals surface area contributed by atoms with Crippen LogP contribution in [0.3, 0.4) is 0 Å². The maximum Gasteiger partial charge on any atom is 0.191 e. The van der Waals surface area contributed by atoms with E-state index in [9.17, 15) is 0 Å². The first-order chi connectivity index (χ1) is 10.2. The molecule has 120 valence electrons. The lowest BCUT2D eigenvalue weighted by atomic mass is 10.1. The van der Waals surface area contributed by atoms with Crippen LogP contribution in [0, 0.1) is 5.92 Å². The van der Waals surface area contributed by atoms with Gasteiger partial charge in [-0.25, -0.2) is 4.98 Å². The molecule has 5 nitrogen and oxygen atoms in total. The van der Waals surface area contributed by atoms with Crippen LogP contribution in [0.4, 0.5) is 0 Å². The van der Waals surface area contributed by atoms with Gasteiger partial charge in [0.25, 0.3) is 0 Å². The van der Waals surface area contributed by atoms with Gasteiger partial charge in [0.15, 0.2) is 5.96 Å². The van der Waals surface area contributed by atoms with E-state index in [1.54, 1.807) is 13.2 Å². The molecular weight excluding hydrogens is 389 g/mol. The van der Waals surface area contributed by atoms with Crippen LogP contribution in [0.25, 0.3) is 5.69 Å². The number of halogens is 1. The molecular formula is C16H24IN5. The Morgan fingerprint density at radius 2 is 2.05 bits per heavy atom. The highest BCUT2D eigenvalue weighted by molar-refractivity contribution is 14.0. The van der Waals surface area contributed by atoms with Crippen molar-refractivity contribution in [2.75, 3.05) is 13.6 Å². The summed E-state index contributed by atoms with van der Waals surface area (Å²) in [7, 11) is 1.79. The minimum atomic E-state index is 0. The smallest absolute Gasteiger partial charge is 0.191 e. The van der Waals surface area contributed by atoms with Gasteiger partial charge in [0.1, 0.15) is 0 Å². The Morgan fingerprint density at radius 1 is 1.27 bits per heavy atom. The van der Waals surface area contributed by atoms with Crippen LogP contribution in [0.5, 0.6) is 0 Å². The third kappa shape index (κ3) is 5.32. The van der Waals surface area contributed by atoms with Crippen molar-refractivity contribution in [3.63, 3.8) is 0 Å². The summed E-state index contributed by atoms with van der Waals surface area (Å²) in [5, 5.41) is 6.66. The zero-order chi connectivity index (χ0) is 15.1. The van der Waals surface area contributed by atoms with Gasteiger partial charge in [0, 0.05) is 32.5 Å². The Labute approximate surface area is 149 Å². The second-order valence-corrected chi connectivity index (χ2v) is 5.30. The van der Waals surface area contributed by atoms with E-state index in [0.29, 0.717) is 12.5 Å². The molecule has 2 N–H and O–H groups in total. The number of para-hydroxylation sites is 1. The summed E-state index contributed by atoms with van der Waals surface area (Å²) in [5.41, 5.74) is 2.32. The highest BCUT2D eigenvalue weighted by atomic mass is 127. The molecule has 1 aromatic carbocycles. The van der Waals surface area contributed by atoms with Gasteiger partial charge in [-0.15, -0.1) is 24.0 Å². The molecule has 0 aliphatic carbocycles. The molecule has 1 heterocycles. The Kier molecular flexibility index (Phi) is 7.94. The lowest BCUT2D eigenvalue weighted by Gasteiger charge is -2.15. The van der Waals surface area contributed by atoms with E-state index in [1.165, 1.54) is 5.56 Å². The monoisotopic (exact) mass is 413 g/mol. The first-order valence-corrected chi connectivity index (χ1v) is 7.21. The third-order valence-corrected chi connectivity index (χ3v) is 3.12. The van der Waals surface area contributed by atoms with Crippen molar-refractivity contribution in [2.24, 2.45) is 10.9 Å². The summed E-state index contributed by atoms with van der Waals surface area (Å²) >= 11 is 0. The molecule has 0 radical (unpaired) electrons. The van der Waals surface area contributed by atoms with Gasteiger partial charge < -0.3 is 15.2 Å². The Balaban J connectivity index is 0.00000242. The Hall–Kier alpha value is -1.57. The highest BCUT2D eigenvalue weighted by Gasteiger charge is 2.05. The number of nitrogens with zero attached hydrogens (tertiary/aromatic N) is 3. The molecule has 0 spiro atoms. The lowest BCUT2D eigenvalue weighted by Crippen LogP contribution is -2.38. The van der Waals surface area contributed by atoms with Crippen LogP contribution in [-0.4, -0.2) is 29.1 Å². The number of nitrogens with one attached hydrogen (secondary N) is 2. The number of benzene rings is 1. The van der Waals surface area contributed by atoms with Gasteiger partial charge in [0.05, 0.1) is 12.0 Å². The molecule has 1 aromatic heterocycles. The summed E-state index contributed by atoms with van der Waals surface area (Å²) < 4.78 is 2.02. The standard InChI is InChI=1S/C16H23N5.HI/c1-13(2)10-19-16(17-3)20-11-14-6-4-5-7-15(14)21-9-8-18-12-21;/h4-9,12-13H,10-11H2,1-3H3,(H2,17,19,20);1H. The van der Waals surface area contributed by atoms with Crippen molar-refractivity contribution in [3.8, 4) is 5.69 Å². The molecule has 0 atom stereocenters. The lowest BCUT2D eigenvalue weighted by molar-refractivity contribution is 0.614. The average molecular weight is 413 g/mol. The van der Waals surface area contributed by atoms with Crippen molar-refractivity contribution < 1.29 is 0 Å². The number of imidazole rings is 1. The average Bonchev–Trinajstić information content (AvgIpc) is 3.01. The zero-order valence-corrected chi connectivity index (χ0v) is 15.6. The molecule has 6 heteroatoms. The summed E-state index contributed by atoms with van der Waals surface area (Å²) in [4.78, 5) is 8.35. The van der Waals surface area contributed by atoms with Gasteiger partial charge >= 0.3 is 0 Å². The molecule has 0 aliphatic heterocycles. The molecule has 0 bridgehead atoms. The van der Waals surface area contributed by atoms with Crippen LogP contribution < -0.4 is 10.6 Å². The second kappa shape index (κ2) is 9.45. The molecule has 0 aliphatic rings. The fourth-order valence-electron chi connectivity index (χ4n) is 2.01. The van der Waals surface area contributed by atoms with E-state index in [-0.39, 0.29) is 24.0 Å². The van der Waals surface area contributed by atoms with Gasteiger partial charge in [-0.1, -0.05) is 32.0 Å². The molecule has 2 aromatic rings.